The summed E-state index contributed by atoms with van der Waals surface area (Å²) < 4.78 is 0. The van der Waals surface area contributed by atoms with Gasteiger partial charge in [-0.3, -0.25) is 5.41 Å². The van der Waals surface area contributed by atoms with E-state index in [0.29, 0.717) is 15.1 Å². The Hall–Kier alpha value is -0.870. The van der Waals surface area contributed by atoms with Crippen LogP contribution in [0.1, 0.15) is 16.4 Å². The number of nitrogens with one attached hydrogen (secondary N) is 1. The molecule has 1 atom stereocenters. The largest absolute Gasteiger partial charge is 0.379 e. The molecule has 0 saturated heterocycles. The standard InChI is InChI=1S/C14H9Cl3N2S/c15-6-1-2-8-9(3-6)13(20-14(18)19)10-4-7(16)5-11(17)12(8)10/h1-5,13H,(H3,18,19)/t13-/m0/s1. The Labute approximate surface area is 135 Å². The molecule has 20 heavy (non-hydrogen) atoms. The molecule has 0 radical (unpaired) electrons. The minimum Gasteiger partial charge on any atom is -0.379 e. The molecule has 1 aliphatic carbocycles. The normalized spacial score (nSPS) is 15.8. The van der Waals surface area contributed by atoms with Gasteiger partial charge in [-0.15, -0.1) is 0 Å². The maximum absolute atomic E-state index is 7.54. The van der Waals surface area contributed by atoms with E-state index in [1.807, 2.05) is 24.3 Å². The molecular weight excluding hydrogens is 335 g/mol. The third-order valence-electron chi connectivity index (χ3n) is 3.18. The highest BCUT2D eigenvalue weighted by atomic mass is 35.5. The predicted molar refractivity (Wildman–Crippen MR) is 88.3 cm³/mol. The fourth-order valence-corrected chi connectivity index (χ4v) is 4.16. The smallest absolute Gasteiger partial charge is 0.151 e. The number of halogens is 3. The van der Waals surface area contributed by atoms with Gasteiger partial charge in [0.2, 0.25) is 0 Å². The van der Waals surface area contributed by atoms with Crippen LogP contribution < -0.4 is 5.73 Å². The first kappa shape index (κ1) is 14.1. The first-order valence-corrected chi connectivity index (χ1v) is 7.78. The van der Waals surface area contributed by atoms with Crippen LogP contribution >= 0.6 is 46.6 Å². The number of thioether (sulfide) groups is 1. The average molecular weight is 344 g/mol. The van der Waals surface area contributed by atoms with E-state index in [1.165, 1.54) is 11.8 Å². The molecule has 102 valence electrons. The third-order valence-corrected chi connectivity index (χ3v) is 4.93. The molecule has 2 aromatic carbocycles. The lowest BCUT2D eigenvalue weighted by Crippen LogP contribution is -2.07. The van der Waals surface area contributed by atoms with Gasteiger partial charge in [0, 0.05) is 15.6 Å². The topological polar surface area (TPSA) is 49.9 Å². The Morgan fingerprint density at radius 2 is 1.75 bits per heavy atom. The summed E-state index contributed by atoms with van der Waals surface area (Å²) in [7, 11) is 0. The molecule has 3 rings (SSSR count). The minimum absolute atomic E-state index is 0.0462. The van der Waals surface area contributed by atoms with E-state index in [0.717, 1.165) is 22.3 Å². The van der Waals surface area contributed by atoms with Gasteiger partial charge < -0.3 is 5.73 Å². The van der Waals surface area contributed by atoms with E-state index in [4.69, 9.17) is 45.9 Å². The molecule has 0 fully saturated rings. The third kappa shape index (κ3) is 2.29. The van der Waals surface area contributed by atoms with Crippen molar-refractivity contribution >= 4 is 51.7 Å². The average Bonchev–Trinajstić information content (AvgIpc) is 2.63. The summed E-state index contributed by atoms with van der Waals surface area (Å²) in [5, 5.41) is 9.30. The molecule has 2 nitrogen and oxygen atoms in total. The van der Waals surface area contributed by atoms with Crippen LogP contribution in [0.3, 0.4) is 0 Å². The Morgan fingerprint density at radius 1 is 1.05 bits per heavy atom. The number of hydrogen-bond donors (Lipinski definition) is 2. The molecule has 0 bridgehead atoms. The van der Waals surface area contributed by atoms with Crippen LogP contribution in [0.4, 0.5) is 0 Å². The summed E-state index contributed by atoms with van der Waals surface area (Å²) in [5.41, 5.74) is 9.50. The van der Waals surface area contributed by atoms with Gasteiger partial charge in [0.05, 0.1) is 10.3 Å². The van der Waals surface area contributed by atoms with Gasteiger partial charge >= 0.3 is 0 Å². The lowest BCUT2D eigenvalue weighted by atomic mass is 10.1. The van der Waals surface area contributed by atoms with Gasteiger partial charge in [0.25, 0.3) is 0 Å². The van der Waals surface area contributed by atoms with Crippen molar-refractivity contribution in [2.75, 3.05) is 0 Å². The van der Waals surface area contributed by atoms with Gasteiger partial charge in [-0.1, -0.05) is 52.6 Å². The number of nitrogens with two attached hydrogens (primary N) is 1. The predicted octanol–water partition coefficient (Wildman–Crippen LogP) is 5.34. The van der Waals surface area contributed by atoms with Gasteiger partial charge in [0.15, 0.2) is 5.17 Å². The SMILES string of the molecule is N=C(N)S[C@H]1c2cc(Cl)ccc2-c2c(Cl)cc(Cl)cc21. The van der Waals surface area contributed by atoms with Crippen LogP contribution in [0.5, 0.6) is 0 Å². The summed E-state index contributed by atoms with van der Waals surface area (Å²) in [6, 6.07) is 9.26. The summed E-state index contributed by atoms with van der Waals surface area (Å²) >= 11 is 19.8. The van der Waals surface area contributed by atoms with E-state index < -0.39 is 0 Å². The highest BCUT2D eigenvalue weighted by Gasteiger charge is 2.32. The number of fused-ring (bicyclic) bond motifs is 3. The van der Waals surface area contributed by atoms with E-state index in [2.05, 4.69) is 0 Å². The van der Waals surface area contributed by atoms with Gasteiger partial charge in [-0.2, -0.15) is 0 Å². The lowest BCUT2D eigenvalue weighted by molar-refractivity contribution is 1.23. The van der Waals surface area contributed by atoms with Crippen molar-refractivity contribution in [3.63, 3.8) is 0 Å². The van der Waals surface area contributed by atoms with Gasteiger partial charge in [-0.25, -0.2) is 0 Å². The molecule has 1 aliphatic rings. The van der Waals surface area contributed by atoms with Crippen LogP contribution in [-0.4, -0.2) is 5.17 Å². The van der Waals surface area contributed by atoms with Crippen molar-refractivity contribution in [1.82, 2.24) is 0 Å². The highest BCUT2D eigenvalue weighted by Crippen LogP contribution is 2.53. The van der Waals surface area contributed by atoms with E-state index in [1.54, 1.807) is 6.07 Å². The fraction of sp³-hybridized carbons (Fsp3) is 0.0714. The molecule has 0 spiro atoms. The van der Waals surface area contributed by atoms with Crippen LogP contribution in [-0.2, 0) is 0 Å². The van der Waals surface area contributed by atoms with E-state index in [-0.39, 0.29) is 10.4 Å². The second-order valence-electron chi connectivity index (χ2n) is 4.45. The van der Waals surface area contributed by atoms with Crippen molar-refractivity contribution in [2.24, 2.45) is 5.73 Å². The monoisotopic (exact) mass is 342 g/mol. The van der Waals surface area contributed by atoms with E-state index in [9.17, 15) is 0 Å². The Bertz CT molecular complexity index is 731. The molecule has 0 aliphatic heterocycles. The van der Waals surface area contributed by atoms with Gasteiger partial charge in [-0.05, 0) is 41.0 Å². The van der Waals surface area contributed by atoms with Crippen LogP contribution in [0.25, 0.3) is 11.1 Å². The molecule has 3 N–H and O–H groups in total. The molecule has 0 unspecified atom stereocenters. The molecule has 0 saturated carbocycles. The van der Waals surface area contributed by atoms with Crippen LogP contribution in [0.2, 0.25) is 15.1 Å². The maximum atomic E-state index is 7.54. The van der Waals surface area contributed by atoms with Crippen molar-refractivity contribution in [2.45, 2.75) is 5.25 Å². The van der Waals surface area contributed by atoms with Crippen molar-refractivity contribution in [3.8, 4) is 11.1 Å². The summed E-state index contributed by atoms with van der Waals surface area (Å²) in [4.78, 5) is 0. The second-order valence-corrected chi connectivity index (χ2v) is 6.87. The molecule has 0 heterocycles. The Balaban J connectivity index is 2.28. The summed E-state index contributed by atoms with van der Waals surface area (Å²) in [5.74, 6) is 0. The number of benzene rings is 2. The van der Waals surface area contributed by atoms with Crippen molar-refractivity contribution in [3.05, 3.63) is 56.5 Å². The Morgan fingerprint density at radius 3 is 2.45 bits per heavy atom. The minimum atomic E-state index is -0.104. The lowest BCUT2D eigenvalue weighted by Gasteiger charge is -2.12. The summed E-state index contributed by atoms with van der Waals surface area (Å²) in [6.45, 7) is 0. The zero-order chi connectivity index (χ0) is 14.4. The van der Waals surface area contributed by atoms with Crippen molar-refractivity contribution < 1.29 is 0 Å². The zero-order valence-corrected chi connectivity index (χ0v) is 13.2. The second kappa shape index (κ2) is 5.15. The number of amidine groups is 1. The maximum Gasteiger partial charge on any atom is 0.151 e. The summed E-state index contributed by atoms with van der Waals surface area (Å²) in [6.07, 6.45) is 0. The van der Waals surface area contributed by atoms with Crippen LogP contribution in [0, 0.1) is 5.41 Å². The first-order valence-electron chi connectivity index (χ1n) is 5.77. The quantitative estimate of drug-likeness (QED) is 0.542. The fourth-order valence-electron chi connectivity index (χ4n) is 2.48. The van der Waals surface area contributed by atoms with Crippen LogP contribution in [0.15, 0.2) is 30.3 Å². The molecule has 0 amide bonds. The zero-order valence-electron chi connectivity index (χ0n) is 10.1. The molecular formula is C14H9Cl3N2S. The highest BCUT2D eigenvalue weighted by molar-refractivity contribution is 8.14. The van der Waals surface area contributed by atoms with E-state index >= 15 is 0 Å². The first-order chi connectivity index (χ1) is 9.47. The molecule has 0 aromatic heterocycles. The Kier molecular flexibility index (Phi) is 3.63. The molecule has 2 aromatic rings. The van der Waals surface area contributed by atoms with Crippen molar-refractivity contribution in [1.29, 1.82) is 5.41 Å². The number of rotatable bonds is 1. The van der Waals surface area contributed by atoms with Gasteiger partial charge in [0.1, 0.15) is 0 Å². The molecule has 6 heteroatoms. The number of hydrogen-bond acceptors (Lipinski definition) is 2.